The summed E-state index contributed by atoms with van der Waals surface area (Å²) in [7, 11) is 0. The average molecular weight is 421 g/mol. The average Bonchev–Trinajstić information content (AvgIpc) is 3.29. The predicted octanol–water partition coefficient (Wildman–Crippen LogP) is 3.89. The van der Waals surface area contributed by atoms with Crippen LogP contribution in [0.15, 0.2) is 36.4 Å². The van der Waals surface area contributed by atoms with E-state index >= 15 is 0 Å². The molecule has 6 nitrogen and oxygen atoms in total. The Morgan fingerprint density at radius 3 is 2.61 bits per heavy atom. The second-order valence-corrected chi connectivity index (χ2v) is 7.63. The molecule has 2 heterocycles. The quantitative estimate of drug-likeness (QED) is 0.814. The number of anilines is 1. The summed E-state index contributed by atoms with van der Waals surface area (Å²) in [5, 5.41) is 3.68. The molecule has 2 aliphatic rings. The number of fused-ring (bicyclic) bond motifs is 1. The van der Waals surface area contributed by atoms with Gasteiger partial charge >= 0.3 is 0 Å². The van der Waals surface area contributed by atoms with Crippen molar-refractivity contribution < 1.29 is 19.1 Å². The lowest BCUT2D eigenvalue weighted by atomic mass is 10.1. The van der Waals surface area contributed by atoms with E-state index in [2.05, 4.69) is 5.32 Å². The van der Waals surface area contributed by atoms with E-state index in [1.807, 2.05) is 6.07 Å². The minimum Gasteiger partial charge on any atom is -0.454 e. The third kappa shape index (κ3) is 4.03. The van der Waals surface area contributed by atoms with E-state index in [1.54, 1.807) is 35.2 Å². The number of hydrogen-bond acceptors (Lipinski definition) is 4. The molecule has 0 bridgehead atoms. The molecule has 1 saturated heterocycles. The van der Waals surface area contributed by atoms with E-state index in [-0.39, 0.29) is 25.0 Å². The molecule has 2 aliphatic heterocycles. The maximum Gasteiger partial charge on any atom is 0.247 e. The van der Waals surface area contributed by atoms with Gasteiger partial charge in [0.15, 0.2) is 11.5 Å². The lowest BCUT2D eigenvalue weighted by Crippen LogP contribution is -2.43. The van der Waals surface area contributed by atoms with Crippen molar-refractivity contribution >= 4 is 40.7 Å². The summed E-state index contributed by atoms with van der Waals surface area (Å²) in [5.74, 6) is 0.976. The third-order valence-electron chi connectivity index (χ3n) is 4.80. The standard InChI is InChI=1S/C20H18Cl2N2O4/c21-13-8-14(22)10-15(9-13)23-20(26)16-2-1-5-24(16)19(25)7-12-3-4-17-18(6-12)28-11-27-17/h3-4,6,8-10,16H,1-2,5,7,11H2,(H,23,26)/t16-/m0/s1. The molecule has 2 aromatic carbocycles. The monoisotopic (exact) mass is 420 g/mol. The molecule has 0 spiro atoms. The number of amides is 2. The van der Waals surface area contributed by atoms with Crippen molar-refractivity contribution in [2.75, 3.05) is 18.7 Å². The molecule has 0 unspecified atom stereocenters. The van der Waals surface area contributed by atoms with Gasteiger partial charge in [0.2, 0.25) is 18.6 Å². The van der Waals surface area contributed by atoms with Gasteiger partial charge in [0, 0.05) is 22.3 Å². The SMILES string of the molecule is O=C(Nc1cc(Cl)cc(Cl)c1)[C@@H]1CCCN1C(=O)Cc1ccc2c(c1)OCO2. The molecule has 8 heteroatoms. The predicted molar refractivity (Wildman–Crippen MR) is 106 cm³/mol. The van der Waals surface area contributed by atoms with E-state index in [4.69, 9.17) is 32.7 Å². The van der Waals surface area contributed by atoms with Crippen molar-refractivity contribution in [2.45, 2.75) is 25.3 Å². The van der Waals surface area contributed by atoms with Gasteiger partial charge in [0.1, 0.15) is 6.04 Å². The van der Waals surface area contributed by atoms with Crippen LogP contribution >= 0.6 is 23.2 Å². The summed E-state index contributed by atoms with van der Waals surface area (Å²) in [4.78, 5) is 27.2. The van der Waals surface area contributed by atoms with E-state index < -0.39 is 6.04 Å². The second kappa shape index (κ2) is 7.89. The minimum atomic E-state index is -0.515. The van der Waals surface area contributed by atoms with Gasteiger partial charge in [-0.1, -0.05) is 29.3 Å². The first-order valence-corrected chi connectivity index (χ1v) is 9.70. The summed E-state index contributed by atoms with van der Waals surface area (Å²) in [6.07, 6.45) is 1.59. The fourth-order valence-electron chi connectivity index (χ4n) is 3.52. The zero-order valence-electron chi connectivity index (χ0n) is 14.9. The van der Waals surface area contributed by atoms with Crippen LogP contribution in [0.1, 0.15) is 18.4 Å². The highest BCUT2D eigenvalue weighted by Crippen LogP contribution is 2.33. The third-order valence-corrected chi connectivity index (χ3v) is 5.23. The van der Waals surface area contributed by atoms with Crippen LogP contribution in [0.4, 0.5) is 5.69 Å². The Kier molecular flexibility index (Phi) is 5.33. The summed E-state index contributed by atoms with van der Waals surface area (Å²) < 4.78 is 10.6. The maximum atomic E-state index is 12.8. The molecule has 28 heavy (non-hydrogen) atoms. The lowest BCUT2D eigenvalue weighted by Gasteiger charge is -2.24. The zero-order valence-corrected chi connectivity index (χ0v) is 16.4. The summed E-state index contributed by atoms with van der Waals surface area (Å²) in [5.41, 5.74) is 1.33. The molecular weight excluding hydrogens is 403 g/mol. The summed E-state index contributed by atoms with van der Waals surface area (Å²) >= 11 is 12.0. The minimum absolute atomic E-state index is 0.0966. The Balaban J connectivity index is 1.43. The van der Waals surface area contributed by atoms with E-state index in [0.29, 0.717) is 40.2 Å². The van der Waals surface area contributed by atoms with E-state index in [9.17, 15) is 9.59 Å². The molecule has 0 aromatic heterocycles. The number of benzene rings is 2. The van der Waals surface area contributed by atoms with Crippen molar-refractivity contribution in [3.8, 4) is 11.5 Å². The number of nitrogens with zero attached hydrogens (tertiary/aromatic N) is 1. The van der Waals surface area contributed by atoms with Crippen molar-refractivity contribution in [2.24, 2.45) is 0 Å². The molecule has 2 aromatic rings. The van der Waals surface area contributed by atoms with Crippen LogP contribution in [0.2, 0.25) is 10.0 Å². The van der Waals surface area contributed by atoms with Crippen molar-refractivity contribution in [1.82, 2.24) is 4.90 Å². The number of carbonyl (C=O) groups is 2. The molecule has 0 saturated carbocycles. The lowest BCUT2D eigenvalue weighted by molar-refractivity contribution is -0.136. The molecular formula is C20H18Cl2N2O4. The van der Waals surface area contributed by atoms with Crippen LogP contribution in [0, 0.1) is 0 Å². The first kappa shape index (κ1) is 18.9. The van der Waals surface area contributed by atoms with Gasteiger partial charge in [-0.2, -0.15) is 0 Å². The summed E-state index contributed by atoms with van der Waals surface area (Å²) in [6, 6.07) is 9.76. The molecule has 1 N–H and O–H groups in total. The molecule has 146 valence electrons. The largest absolute Gasteiger partial charge is 0.454 e. The van der Waals surface area contributed by atoms with Crippen LogP contribution in [0.3, 0.4) is 0 Å². The Labute approximate surface area is 172 Å². The number of nitrogens with one attached hydrogen (secondary N) is 1. The number of halogens is 2. The Hall–Kier alpha value is -2.44. The molecule has 0 aliphatic carbocycles. The molecule has 4 rings (SSSR count). The van der Waals surface area contributed by atoms with Gasteiger partial charge in [-0.05, 0) is 48.7 Å². The number of likely N-dealkylation sites (tertiary alicyclic amines) is 1. The summed E-state index contributed by atoms with van der Waals surface area (Å²) in [6.45, 7) is 0.742. The van der Waals surface area contributed by atoms with E-state index in [1.165, 1.54) is 0 Å². The van der Waals surface area contributed by atoms with Crippen LogP contribution < -0.4 is 14.8 Å². The van der Waals surface area contributed by atoms with Gasteiger partial charge in [0.25, 0.3) is 0 Å². The molecule has 0 radical (unpaired) electrons. The Morgan fingerprint density at radius 1 is 1.07 bits per heavy atom. The Morgan fingerprint density at radius 2 is 1.82 bits per heavy atom. The normalized spacial score (nSPS) is 17.6. The van der Waals surface area contributed by atoms with Gasteiger partial charge in [-0.25, -0.2) is 0 Å². The van der Waals surface area contributed by atoms with Crippen molar-refractivity contribution in [3.05, 3.63) is 52.0 Å². The number of hydrogen-bond donors (Lipinski definition) is 1. The van der Waals surface area contributed by atoms with Crippen LogP contribution in [-0.2, 0) is 16.0 Å². The van der Waals surface area contributed by atoms with Gasteiger partial charge < -0.3 is 19.7 Å². The number of ether oxygens (including phenoxy) is 2. The van der Waals surface area contributed by atoms with Gasteiger partial charge in [-0.3, -0.25) is 9.59 Å². The van der Waals surface area contributed by atoms with E-state index in [0.717, 1.165) is 12.0 Å². The second-order valence-electron chi connectivity index (χ2n) is 6.76. The number of rotatable bonds is 4. The molecule has 1 fully saturated rings. The van der Waals surface area contributed by atoms with Crippen LogP contribution in [0.5, 0.6) is 11.5 Å². The topological polar surface area (TPSA) is 67.9 Å². The van der Waals surface area contributed by atoms with Crippen molar-refractivity contribution in [3.63, 3.8) is 0 Å². The maximum absolute atomic E-state index is 12.8. The molecule has 2 amide bonds. The first-order chi connectivity index (χ1) is 13.5. The van der Waals surface area contributed by atoms with Crippen LogP contribution in [-0.4, -0.2) is 36.1 Å². The zero-order chi connectivity index (χ0) is 19.7. The van der Waals surface area contributed by atoms with Gasteiger partial charge in [-0.15, -0.1) is 0 Å². The fraction of sp³-hybridized carbons (Fsp3) is 0.300. The highest BCUT2D eigenvalue weighted by molar-refractivity contribution is 6.35. The first-order valence-electron chi connectivity index (χ1n) is 8.94. The smallest absolute Gasteiger partial charge is 0.247 e. The Bertz CT molecular complexity index is 914. The highest BCUT2D eigenvalue weighted by atomic mass is 35.5. The van der Waals surface area contributed by atoms with Crippen molar-refractivity contribution in [1.29, 1.82) is 0 Å². The highest BCUT2D eigenvalue weighted by Gasteiger charge is 2.34. The fourth-order valence-corrected chi connectivity index (χ4v) is 4.04. The van der Waals surface area contributed by atoms with Gasteiger partial charge in [0.05, 0.1) is 6.42 Å². The number of carbonyl (C=O) groups excluding carboxylic acids is 2. The molecule has 1 atom stereocenters. The van der Waals surface area contributed by atoms with Crippen LogP contribution in [0.25, 0.3) is 0 Å².